The predicted octanol–water partition coefficient (Wildman–Crippen LogP) is 4.68. The summed E-state index contributed by atoms with van der Waals surface area (Å²) in [6.07, 6.45) is 0. The fraction of sp³-hybridized carbons (Fsp3) is 0.222. The number of hydrogen-bond donors (Lipinski definition) is 0. The number of aromatic nitrogens is 1. The molecule has 0 spiro atoms. The van der Waals surface area contributed by atoms with Crippen LogP contribution in [0.2, 0.25) is 0 Å². The Hall–Kier alpha value is 0.1000. The van der Waals surface area contributed by atoms with Crippen molar-refractivity contribution in [2.75, 3.05) is 0 Å². The third-order valence-corrected chi connectivity index (χ3v) is 5.24. The molecule has 0 bridgehead atoms. The van der Waals surface area contributed by atoms with E-state index < -0.39 is 0 Å². The summed E-state index contributed by atoms with van der Waals surface area (Å²) in [7, 11) is 0. The Labute approximate surface area is 104 Å². The zero-order valence-electron chi connectivity index (χ0n) is 7.38. The molecular formula is C9H7BrClNS2. The van der Waals surface area contributed by atoms with Gasteiger partial charge in [0.25, 0.3) is 0 Å². The highest BCUT2D eigenvalue weighted by Gasteiger charge is 2.09. The Morgan fingerprint density at radius 2 is 2.36 bits per heavy atom. The highest BCUT2D eigenvalue weighted by molar-refractivity contribution is 9.10. The fourth-order valence-electron chi connectivity index (χ4n) is 1.08. The molecule has 2 rings (SSSR count). The van der Waals surface area contributed by atoms with E-state index in [4.69, 9.17) is 11.6 Å². The van der Waals surface area contributed by atoms with E-state index in [1.807, 2.05) is 6.92 Å². The van der Waals surface area contributed by atoms with Gasteiger partial charge in [-0.15, -0.1) is 34.3 Å². The second-order valence-corrected chi connectivity index (χ2v) is 5.97. The van der Waals surface area contributed by atoms with Gasteiger partial charge in [0.15, 0.2) is 0 Å². The summed E-state index contributed by atoms with van der Waals surface area (Å²) in [5.74, 6) is 0.552. The molecule has 0 atom stereocenters. The Balaban J connectivity index is 2.42. The van der Waals surface area contributed by atoms with E-state index in [0.717, 1.165) is 20.1 Å². The van der Waals surface area contributed by atoms with Crippen LogP contribution in [-0.2, 0) is 5.88 Å². The van der Waals surface area contributed by atoms with Gasteiger partial charge in [-0.05, 0) is 28.9 Å². The Kier molecular flexibility index (Phi) is 3.27. The summed E-state index contributed by atoms with van der Waals surface area (Å²) in [5.41, 5.74) is 1.05. The van der Waals surface area contributed by atoms with E-state index >= 15 is 0 Å². The first kappa shape index (κ1) is 10.6. The van der Waals surface area contributed by atoms with Gasteiger partial charge < -0.3 is 0 Å². The van der Waals surface area contributed by atoms with Crippen molar-refractivity contribution in [1.82, 2.24) is 4.98 Å². The summed E-state index contributed by atoms with van der Waals surface area (Å²) in [6, 6.07) is 2.08. The van der Waals surface area contributed by atoms with Gasteiger partial charge in [0, 0.05) is 14.7 Å². The topological polar surface area (TPSA) is 12.9 Å². The quantitative estimate of drug-likeness (QED) is 0.734. The van der Waals surface area contributed by atoms with E-state index in [9.17, 15) is 0 Å². The van der Waals surface area contributed by atoms with Crippen LogP contribution in [0.3, 0.4) is 0 Å². The van der Waals surface area contributed by atoms with Gasteiger partial charge in [0.1, 0.15) is 5.01 Å². The predicted molar refractivity (Wildman–Crippen MR) is 67.4 cm³/mol. The van der Waals surface area contributed by atoms with E-state index in [-0.39, 0.29) is 0 Å². The fourth-order valence-corrected chi connectivity index (χ4v) is 3.84. The largest absolute Gasteiger partial charge is 0.240 e. The lowest BCUT2D eigenvalue weighted by atomic mass is 10.4. The molecule has 14 heavy (non-hydrogen) atoms. The maximum atomic E-state index is 5.80. The second kappa shape index (κ2) is 4.31. The molecule has 0 aliphatic heterocycles. The van der Waals surface area contributed by atoms with Crippen molar-refractivity contribution >= 4 is 50.2 Å². The third-order valence-electron chi connectivity index (χ3n) is 1.79. The number of nitrogens with zero attached hydrogens (tertiary/aromatic N) is 1. The normalized spacial score (nSPS) is 10.8. The lowest BCUT2D eigenvalue weighted by Crippen LogP contribution is -1.75. The lowest BCUT2D eigenvalue weighted by molar-refractivity contribution is 1.22. The van der Waals surface area contributed by atoms with Crippen molar-refractivity contribution in [2.24, 2.45) is 0 Å². The van der Waals surface area contributed by atoms with Crippen molar-refractivity contribution in [3.05, 3.63) is 26.5 Å². The SMILES string of the molecule is Cc1nc(-c2cc(Br)cs2)sc1CCl. The molecule has 2 aromatic rings. The molecule has 0 unspecified atom stereocenters. The van der Waals surface area contributed by atoms with Crippen LogP contribution in [0.5, 0.6) is 0 Å². The molecule has 2 heterocycles. The highest BCUT2D eigenvalue weighted by Crippen LogP contribution is 2.34. The molecule has 0 aliphatic carbocycles. The average molecular weight is 309 g/mol. The number of thiazole rings is 1. The molecule has 0 radical (unpaired) electrons. The molecule has 0 aromatic carbocycles. The van der Waals surface area contributed by atoms with E-state index in [0.29, 0.717) is 5.88 Å². The van der Waals surface area contributed by atoms with Gasteiger partial charge in [-0.25, -0.2) is 4.98 Å². The second-order valence-electron chi connectivity index (χ2n) is 2.79. The number of rotatable bonds is 2. The van der Waals surface area contributed by atoms with Gasteiger partial charge >= 0.3 is 0 Å². The van der Waals surface area contributed by atoms with Crippen LogP contribution >= 0.6 is 50.2 Å². The first-order valence-electron chi connectivity index (χ1n) is 3.97. The zero-order valence-corrected chi connectivity index (χ0v) is 11.4. The minimum atomic E-state index is 0.552. The molecule has 0 amide bonds. The number of aryl methyl sites for hydroxylation is 1. The van der Waals surface area contributed by atoms with Crippen molar-refractivity contribution in [2.45, 2.75) is 12.8 Å². The van der Waals surface area contributed by atoms with E-state index in [2.05, 4.69) is 32.4 Å². The summed E-state index contributed by atoms with van der Waals surface area (Å²) in [5, 5.41) is 3.13. The minimum Gasteiger partial charge on any atom is -0.240 e. The van der Waals surface area contributed by atoms with Crippen LogP contribution in [0.4, 0.5) is 0 Å². The lowest BCUT2D eigenvalue weighted by Gasteiger charge is -1.85. The number of thiophene rings is 1. The molecule has 74 valence electrons. The van der Waals surface area contributed by atoms with Gasteiger partial charge in [-0.1, -0.05) is 0 Å². The molecule has 0 aliphatic rings. The van der Waals surface area contributed by atoms with Gasteiger partial charge in [0.05, 0.1) is 16.5 Å². The molecule has 0 saturated carbocycles. The number of alkyl halides is 1. The third kappa shape index (κ3) is 2.03. The maximum absolute atomic E-state index is 5.80. The molecule has 2 aromatic heterocycles. The van der Waals surface area contributed by atoms with Crippen LogP contribution in [-0.4, -0.2) is 4.98 Å². The molecule has 0 N–H and O–H groups in total. The van der Waals surface area contributed by atoms with Crippen LogP contribution in [0, 0.1) is 6.92 Å². The summed E-state index contributed by atoms with van der Waals surface area (Å²) < 4.78 is 1.11. The molecule has 0 saturated heterocycles. The molecule has 1 nitrogen and oxygen atoms in total. The summed E-state index contributed by atoms with van der Waals surface area (Å²) in [4.78, 5) is 6.84. The van der Waals surface area contributed by atoms with Gasteiger partial charge in [-0.2, -0.15) is 0 Å². The highest BCUT2D eigenvalue weighted by atomic mass is 79.9. The van der Waals surface area contributed by atoms with Gasteiger partial charge in [0.2, 0.25) is 0 Å². The number of hydrogen-bond acceptors (Lipinski definition) is 3. The van der Waals surface area contributed by atoms with Crippen LogP contribution in [0.1, 0.15) is 10.6 Å². The standard InChI is InChI=1S/C9H7BrClNS2/c1-5-8(3-11)14-9(12-5)7-2-6(10)4-13-7/h2,4H,3H2,1H3. The zero-order chi connectivity index (χ0) is 10.1. The van der Waals surface area contributed by atoms with Crippen LogP contribution in [0.25, 0.3) is 9.88 Å². The Morgan fingerprint density at radius 3 is 2.86 bits per heavy atom. The Bertz CT molecular complexity index is 449. The minimum absolute atomic E-state index is 0.552. The smallest absolute Gasteiger partial charge is 0.133 e. The first-order valence-corrected chi connectivity index (χ1v) is 6.99. The van der Waals surface area contributed by atoms with Crippen molar-refractivity contribution < 1.29 is 0 Å². The Morgan fingerprint density at radius 1 is 1.57 bits per heavy atom. The summed E-state index contributed by atoms with van der Waals surface area (Å²) in [6.45, 7) is 2.00. The molecule has 5 heteroatoms. The summed E-state index contributed by atoms with van der Waals surface area (Å²) >= 11 is 12.6. The maximum Gasteiger partial charge on any atom is 0.133 e. The molecular weight excluding hydrogens is 302 g/mol. The van der Waals surface area contributed by atoms with Crippen molar-refractivity contribution in [3.8, 4) is 9.88 Å². The number of halogens is 2. The van der Waals surface area contributed by atoms with Crippen molar-refractivity contribution in [1.29, 1.82) is 0 Å². The van der Waals surface area contributed by atoms with E-state index in [1.54, 1.807) is 22.7 Å². The van der Waals surface area contributed by atoms with Gasteiger partial charge in [-0.3, -0.25) is 0 Å². The first-order chi connectivity index (χ1) is 6.70. The van der Waals surface area contributed by atoms with E-state index in [1.165, 1.54) is 4.88 Å². The monoisotopic (exact) mass is 307 g/mol. The van der Waals surface area contributed by atoms with Crippen molar-refractivity contribution in [3.63, 3.8) is 0 Å². The van der Waals surface area contributed by atoms with Crippen LogP contribution < -0.4 is 0 Å². The molecule has 0 fully saturated rings. The van der Waals surface area contributed by atoms with Crippen LogP contribution in [0.15, 0.2) is 15.9 Å². The average Bonchev–Trinajstić information content (AvgIpc) is 2.71.